The van der Waals surface area contributed by atoms with E-state index in [4.69, 9.17) is 0 Å². The molecule has 3 fully saturated rings. The number of fused-ring (bicyclic) bond motifs is 5. The first-order valence-electron chi connectivity index (χ1n) is 11.5. The molecule has 3 saturated carbocycles. The van der Waals surface area contributed by atoms with Gasteiger partial charge >= 0.3 is 0 Å². The van der Waals surface area contributed by atoms with Crippen LogP contribution in [0.1, 0.15) is 91.4 Å². The van der Waals surface area contributed by atoms with E-state index in [1.165, 1.54) is 70.6 Å². The van der Waals surface area contributed by atoms with Crippen LogP contribution in [0.15, 0.2) is 40.7 Å². The van der Waals surface area contributed by atoms with Crippen LogP contribution in [0, 0.1) is 29.1 Å². The molecule has 0 aliphatic heterocycles. The van der Waals surface area contributed by atoms with Crippen LogP contribution in [0.4, 0.5) is 0 Å². The second-order valence-electron chi connectivity index (χ2n) is 9.80. The number of unbranched alkanes of at least 4 members (excludes halogenated alkanes) is 2. The van der Waals surface area contributed by atoms with Gasteiger partial charge in [-0.05, 0) is 97.7 Å². The molecule has 0 aromatic rings. The molecule has 0 amide bonds. The van der Waals surface area contributed by atoms with Crippen LogP contribution in [0.25, 0.3) is 0 Å². The standard InChI is InChI=1S/C26H38/c1-4-5-6-10-21-14-16-25-24-15-13-20-18-19(2)9-7-11-22(20)23(24)12-8-17-26(21,25)3/h7,10,18-19,23-25H,4-6,8-9,12-17H2,1-3H3/b21-10-/t19?,23?,24?,25?,26-/m1/s1. The summed E-state index contributed by atoms with van der Waals surface area (Å²) >= 11 is 0. The summed E-state index contributed by atoms with van der Waals surface area (Å²) in [5.74, 6) is 3.31. The lowest BCUT2D eigenvalue weighted by atomic mass is 9.62. The number of allylic oxidation sites excluding steroid dienone is 5. The van der Waals surface area contributed by atoms with Gasteiger partial charge in [-0.2, -0.15) is 0 Å². The summed E-state index contributed by atoms with van der Waals surface area (Å²) in [4.78, 5) is 0. The van der Waals surface area contributed by atoms with Crippen LogP contribution >= 0.6 is 0 Å². The quantitative estimate of drug-likeness (QED) is 0.277. The van der Waals surface area contributed by atoms with Crippen LogP contribution in [0.2, 0.25) is 0 Å². The van der Waals surface area contributed by atoms with E-state index < -0.39 is 0 Å². The third kappa shape index (κ3) is 3.20. The van der Waals surface area contributed by atoms with Crippen molar-refractivity contribution in [1.29, 1.82) is 0 Å². The molecular weight excluding hydrogens is 312 g/mol. The molecule has 0 heterocycles. The van der Waals surface area contributed by atoms with Crippen molar-refractivity contribution in [2.45, 2.75) is 91.4 Å². The van der Waals surface area contributed by atoms with E-state index in [-0.39, 0.29) is 0 Å². The predicted molar refractivity (Wildman–Crippen MR) is 112 cm³/mol. The molecule has 0 radical (unpaired) electrons. The maximum atomic E-state index is 3.80. The van der Waals surface area contributed by atoms with E-state index in [1.807, 2.05) is 5.57 Å². The van der Waals surface area contributed by atoms with Crippen molar-refractivity contribution in [1.82, 2.24) is 0 Å². The van der Waals surface area contributed by atoms with Crippen molar-refractivity contribution in [2.75, 3.05) is 0 Å². The first-order chi connectivity index (χ1) is 12.6. The van der Waals surface area contributed by atoms with Crippen molar-refractivity contribution in [3.63, 3.8) is 0 Å². The van der Waals surface area contributed by atoms with E-state index in [0.717, 1.165) is 17.8 Å². The molecule has 4 aliphatic rings. The van der Waals surface area contributed by atoms with Gasteiger partial charge in [-0.15, -0.1) is 5.73 Å². The molecule has 4 unspecified atom stereocenters. The SMILES string of the molecule is CCCC/C=C1/CCC2C3CCC4=CC(C)CC=C=C4C3CCC[C@]12C. The maximum absolute atomic E-state index is 3.80. The molecule has 26 heavy (non-hydrogen) atoms. The molecule has 4 aliphatic carbocycles. The minimum atomic E-state index is 0.497. The Morgan fingerprint density at radius 1 is 1.23 bits per heavy atom. The maximum Gasteiger partial charge on any atom is -0.0000915 e. The Labute approximate surface area is 161 Å². The van der Waals surface area contributed by atoms with Crippen LogP contribution in [-0.4, -0.2) is 0 Å². The highest BCUT2D eigenvalue weighted by molar-refractivity contribution is 5.38. The summed E-state index contributed by atoms with van der Waals surface area (Å²) < 4.78 is 0. The molecule has 0 saturated heterocycles. The smallest absolute Gasteiger partial charge is 0.0000915 e. The minimum absolute atomic E-state index is 0.497. The van der Waals surface area contributed by atoms with Gasteiger partial charge in [-0.3, -0.25) is 0 Å². The van der Waals surface area contributed by atoms with Gasteiger partial charge in [-0.25, -0.2) is 0 Å². The fourth-order valence-corrected chi connectivity index (χ4v) is 6.78. The van der Waals surface area contributed by atoms with E-state index in [0.29, 0.717) is 11.3 Å². The summed E-state index contributed by atoms with van der Waals surface area (Å²) in [5, 5.41) is 0. The zero-order valence-electron chi connectivity index (χ0n) is 17.3. The minimum Gasteiger partial charge on any atom is -0.121 e. The van der Waals surface area contributed by atoms with E-state index in [9.17, 15) is 0 Å². The summed E-state index contributed by atoms with van der Waals surface area (Å²) in [6, 6.07) is 0. The molecule has 0 nitrogen and oxygen atoms in total. The molecule has 0 aromatic carbocycles. The highest BCUT2D eigenvalue weighted by Gasteiger charge is 2.50. The highest BCUT2D eigenvalue weighted by atomic mass is 14.5. The summed E-state index contributed by atoms with van der Waals surface area (Å²) in [6.45, 7) is 7.32. The van der Waals surface area contributed by atoms with Crippen molar-refractivity contribution in [3.05, 3.63) is 40.7 Å². The zero-order chi connectivity index (χ0) is 18.1. The van der Waals surface area contributed by atoms with Crippen molar-refractivity contribution >= 4 is 0 Å². The third-order valence-electron chi connectivity index (χ3n) is 8.17. The Balaban J connectivity index is 1.63. The van der Waals surface area contributed by atoms with Crippen molar-refractivity contribution in [3.8, 4) is 0 Å². The molecule has 0 heteroatoms. The molecule has 0 bridgehead atoms. The first kappa shape index (κ1) is 18.4. The van der Waals surface area contributed by atoms with E-state index >= 15 is 0 Å². The number of rotatable bonds is 3. The largest absolute Gasteiger partial charge is 0.121 e. The lowest BCUT2D eigenvalue weighted by Gasteiger charge is -2.42. The van der Waals surface area contributed by atoms with Crippen molar-refractivity contribution < 1.29 is 0 Å². The van der Waals surface area contributed by atoms with Gasteiger partial charge in [0.1, 0.15) is 0 Å². The Kier molecular flexibility index (Phi) is 5.34. The van der Waals surface area contributed by atoms with Crippen LogP contribution in [0.5, 0.6) is 0 Å². The van der Waals surface area contributed by atoms with Gasteiger partial charge in [0.25, 0.3) is 0 Å². The highest BCUT2D eigenvalue weighted by Crippen LogP contribution is 2.61. The third-order valence-corrected chi connectivity index (χ3v) is 8.17. The number of hydrogen-bond acceptors (Lipinski definition) is 0. The molecule has 5 atom stereocenters. The monoisotopic (exact) mass is 350 g/mol. The van der Waals surface area contributed by atoms with Gasteiger partial charge in [-0.1, -0.05) is 57.8 Å². The average Bonchev–Trinajstić information content (AvgIpc) is 2.75. The van der Waals surface area contributed by atoms with Crippen LogP contribution in [-0.2, 0) is 0 Å². The van der Waals surface area contributed by atoms with Gasteiger partial charge in [0.2, 0.25) is 0 Å². The fourth-order valence-electron chi connectivity index (χ4n) is 6.78. The van der Waals surface area contributed by atoms with E-state index in [2.05, 4.69) is 44.7 Å². The Morgan fingerprint density at radius 3 is 2.96 bits per heavy atom. The van der Waals surface area contributed by atoms with Gasteiger partial charge in [0.05, 0.1) is 0 Å². The van der Waals surface area contributed by atoms with Crippen LogP contribution < -0.4 is 0 Å². The molecular formula is C26H38. The molecule has 0 N–H and O–H groups in total. The predicted octanol–water partition coefficient (Wildman–Crippen LogP) is 7.78. The zero-order valence-corrected chi connectivity index (χ0v) is 17.3. The number of hydrogen-bond donors (Lipinski definition) is 0. The van der Waals surface area contributed by atoms with Crippen molar-refractivity contribution in [2.24, 2.45) is 29.1 Å². The van der Waals surface area contributed by atoms with Gasteiger partial charge < -0.3 is 0 Å². The lowest BCUT2D eigenvalue weighted by Crippen LogP contribution is -2.34. The molecule has 0 spiro atoms. The van der Waals surface area contributed by atoms with Gasteiger partial charge in [0.15, 0.2) is 0 Å². The fraction of sp³-hybridized carbons (Fsp3) is 0.731. The second kappa shape index (κ2) is 7.55. The van der Waals surface area contributed by atoms with E-state index in [1.54, 1.807) is 11.1 Å². The first-order valence-corrected chi connectivity index (χ1v) is 11.5. The lowest BCUT2D eigenvalue weighted by molar-refractivity contribution is 0.147. The Morgan fingerprint density at radius 2 is 2.12 bits per heavy atom. The molecule has 0 aromatic heterocycles. The molecule has 142 valence electrons. The summed E-state index contributed by atoms with van der Waals surface area (Å²) in [5.41, 5.74) is 9.41. The Bertz CT molecular complexity index is 654. The molecule has 4 rings (SSSR count). The second-order valence-corrected chi connectivity index (χ2v) is 9.80. The normalized spacial score (nSPS) is 40.8. The summed E-state index contributed by atoms with van der Waals surface area (Å²) in [7, 11) is 0. The Hall–Kier alpha value is -1.00. The topological polar surface area (TPSA) is 0 Å². The average molecular weight is 351 g/mol. The summed E-state index contributed by atoms with van der Waals surface area (Å²) in [6.07, 6.45) is 22.6. The van der Waals surface area contributed by atoms with Crippen LogP contribution in [0.3, 0.4) is 0 Å². The van der Waals surface area contributed by atoms with Gasteiger partial charge in [0, 0.05) is 0 Å².